The summed E-state index contributed by atoms with van der Waals surface area (Å²) in [5.74, 6) is 0.213. The molecule has 2 aromatic heterocycles. The SMILES string of the molecule is O=C(NCC1(c2ccc(O)cc2)CCCCC1)c1cccc2nc(CN3CCCC3)cn12. The summed E-state index contributed by atoms with van der Waals surface area (Å²) in [7, 11) is 0. The summed E-state index contributed by atoms with van der Waals surface area (Å²) in [6.07, 6.45) is 10.2. The monoisotopic (exact) mass is 432 g/mol. The van der Waals surface area contributed by atoms with Crippen LogP contribution in [-0.2, 0) is 12.0 Å². The van der Waals surface area contributed by atoms with E-state index in [0.717, 1.165) is 56.7 Å². The molecule has 0 spiro atoms. The number of nitrogens with one attached hydrogen (secondary N) is 1. The van der Waals surface area contributed by atoms with E-state index in [1.807, 2.05) is 40.9 Å². The standard InChI is InChI=1S/C26H32N4O2/c31-22-11-9-20(10-12-22)26(13-2-1-3-14-26)19-27-25(32)23-7-6-8-24-28-21(18-30(23)24)17-29-15-4-5-16-29/h6-12,18,31H,1-5,13-17,19H2,(H,27,32). The molecule has 1 aromatic carbocycles. The van der Waals surface area contributed by atoms with Gasteiger partial charge < -0.3 is 10.4 Å². The smallest absolute Gasteiger partial charge is 0.268 e. The zero-order valence-electron chi connectivity index (χ0n) is 18.6. The van der Waals surface area contributed by atoms with Crippen LogP contribution in [0.25, 0.3) is 5.65 Å². The summed E-state index contributed by atoms with van der Waals surface area (Å²) in [4.78, 5) is 20.5. The number of phenols is 1. The van der Waals surface area contributed by atoms with Gasteiger partial charge in [-0.2, -0.15) is 0 Å². The predicted octanol–water partition coefficient (Wildman–Crippen LogP) is 4.27. The molecule has 3 heterocycles. The molecule has 1 saturated carbocycles. The second-order valence-electron chi connectivity index (χ2n) is 9.43. The summed E-state index contributed by atoms with van der Waals surface area (Å²) in [6.45, 7) is 3.69. The van der Waals surface area contributed by atoms with Gasteiger partial charge in [0, 0.05) is 24.7 Å². The fraction of sp³-hybridized carbons (Fsp3) is 0.462. The molecule has 168 valence electrons. The van der Waals surface area contributed by atoms with Crippen molar-refractivity contribution in [2.45, 2.75) is 56.9 Å². The van der Waals surface area contributed by atoms with Crippen LogP contribution in [0, 0.1) is 0 Å². The number of imidazole rings is 1. The Morgan fingerprint density at radius 3 is 2.50 bits per heavy atom. The van der Waals surface area contributed by atoms with Gasteiger partial charge in [-0.05, 0) is 68.6 Å². The van der Waals surface area contributed by atoms with Gasteiger partial charge in [0.1, 0.15) is 17.1 Å². The highest BCUT2D eigenvalue weighted by atomic mass is 16.3. The lowest BCUT2D eigenvalue weighted by Crippen LogP contribution is -2.42. The maximum atomic E-state index is 13.3. The lowest BCUT2D eigenvalue weighted by molar-refractivity contribution is 0.0930. The molecule has 3 aromatic rings. The molecule has 1 saturated heterocycles. The van der Waals surface area contributed by atoms with Crippen molar-refractivity contribution in [2.24, 2.45) is 0 Å². The maximum Gasteiger partial charge on any atom is 0.268 e. The number of hydrogen-bond donors (Lipinski definition) is 2. The van der Waals surface area contributed by atoms with Crippen molar-refractivity contribution < 1.29 is 9.90 Å². The van der Waals surface area contributed by atoms with Gasteiger partial charge in [-0.3, -0.25) is 14.1 Å². The Morgan fingerprint density at radius 1 is 1.00 bits per heavy atom. The number of aromatic hydroxyl groups is 1. The Kier molecular flexibility index (Phi) is 5.87. The van der Waals surface area contributed by atoms with Gasteiger partial charge in [0.2, 0.25) is 0 Å². The van der Waals surface area contributed by atoms with Crippen molar-refractivity contribution in [3.05, 3.63) is 65.6 Å². The van der Waals surface area contributed by atoms with Gasteiger partial charge >= 0.3 is 0 Å². The second kappa shape index (κ2) is 8.94. The van der Waals surface area contributed by atoms with E-state index in [9.17, 15) is 9.90 Å². The van der Waals surface area contributed by atoms with Crippen LogP contribution >= 0.6 is 0 Å². The Hall–Kier alpha value is -2.86. The molecule has 6 nitrogen and oxygen atoms in total. The number of benzene rings is 1. The molecule has 2 N–H and O–H groups in total. The lowest BCUT2D eigenvalue weighted by Gasteiger charge is -2.38. The first-order chi connectivity index (χ1) is 15.6. The van der Waals surface area contributed by atoms with Gasteiger partial charge in [0.15, 0.2) is 0 Å². The van der Waals surface area contributed by atoms with Crippen LogP contribution in [0.3, 0.4) is 0 Å². The van der Waals surface area contributed by atoms with Crippen LogP contribution in [-0.4, -0.2) is 44.9 Å². The highest BCUT2D eigenvalue weighted by Crippen LogP contribution is 2.39. The van der Waals surface area contributed by atoms with E-state index in [-0.39, 0.29) is 17.1 Å². The van der Waals surface area contributed by atoms with Gasteiger partial charge in [0.25, 0.3) is 5.91 Å². The summed E-state index contributed by atoms with van der Waals surface area (Å²) in [5, 5.41) is 13.0. The summed E-state index contributed by atoms with van der Waals surface area (Å²) < 4.78 is 1.93. The van der Waals surface area contributed by atoms with E-state index in [1.165, 1.54) is 24.8 Å². The molecule has 0 bridgehead atoms. The number of nitrogens with zero attached hydrogens (tertiary/aromatic N) is 3. The average Bonchev–Trinajstić information content (AvgIpc) is 3.48. The number of aromatic nitrogens is 2. The van der Waals surface area contributed by atoms with E-state index in [2.05, 4.69) is 10.2 Å². The number of likely N-dealkylation sites (tertiary alicyclic amines) is 1. The molecule has 5 rings (SSSR count). The quantitative estimate of drug-likeness (QED) is 0.610. The van der Waals surface area contributed by atoms with Crippen molar-refractivity contribution in [1.29, 1.82) is 0 Å². The molecular weight excluding hydrogens is 400 g/mol. The van der Waals surface area contributed by atoms with Crippen LogP contribution in [0.4, 0.5) is 0 Å². The molecule has 1 amide bonds. The Labute approximate surface area is 189 Å². The number of carbonyl (C=O) groups is 1. The number of rotatable bonds is 6. The summed E-state index contributed by atoms with van der Waals surface area (Å²) >= 11 is 0. The zero-order valence-corrected chi connectivity index (χ0v) is 18.6. The maximum absolute atomic E-state index is 13.3. The second-order valence-corrected chi connectivity index (χ2v) is 9.43. The first-order valence-corrected chi connectivity index (χ1v) is 11.9. The molecule has 2 fully saturated rings. The number of fused-ring (bicyclic) bond motifs is 1. The van der Waals surface area contributed by atoms with Crippen molar-refractivity contribution in [3.63, 3.8) is 0 Å². The highest BCUT2D eigenvalue weighted by molar-refractivity contribution is 5.93. The van der Waals surface area contributed by atoms with Gasteiger partial charge in [-0.15, -0.1) is 0 Å². The van der Waals surface area contributed by atoms with Crippen molar-refractivity contribution in [1.82, 2.24) is 19.6 Å². The third-order valence-electron chi connectivity index (χ3n) is 7.24. The molecule has 6 heteroatoms. The van der Waals surface area contributed by atoms with E-state index < -0.39 is 0 Å². The largest absolute Gasteiger partial charge is 0.508 e. The Morgan fingerprint density at radius 2 is 1.75 bits per heavy atom. The highest BCUT2D eigenvalue weighted by Gasteiger charge is 2.34. The Balaban J connectivity index is 1.35. The number of amides is 1. The van der Waals surface area contributed by atoms with Gasteiger partial charge in [-0.1, -0.05) is 37.5 Å². The average molecular weight is 433 g/mol. The molecule has 1 aliphatic carbocycles. The first-order valence-electron chi connectivity index (χ1n) is 11.9. The fourth-order valence-electron chi connectivity index (χ4n) is 5.44. The van der Waals surface area contributed by atoms with Crippen molar-refractivity contribution >= 4 is 11.6 Å². The van der Waals surface area contributed by atoms with Crippen LogP contribution < -0.4 is 5.32 Å². The van der Waals surface area contributed by atoms with Crippen molar-refractivity contribution in [2.75, 3.05) is 19.6 Å². The molecule has 32 heavy (non-hydrogen) atoms. The van der Waals surface area contributed by atoms with Crippen LogP contribution in [0.5, 0.6) is 5.75 Å². The first kappa shape index (κ1) is 21.0. The summed E-state index contributed by atoms with van der Waals surface area (Å²) in [6, 6.07) is 13.3. The number of pyridine rings is 1. The van der Waals surface area contributed by atoms with Crippen LogP contribution in [0.2, 0.25) is 0 Å². The number of carbonyl (C=O) groups excluding carboxylic acids is 1. The normalized spacial score (nSPS) is 18.8. The van der Waals surface area contributed by atoms with E-state index >= 15 is 0 Å². The topological polar surface area (TPSA) is 69.9 Å². The lowest BCUT2D eigenvalue weighted by atomic mass is 9.69. The molecular formula is C26H32N4O2. The minimum atomic E-state index is -0.0780. The summed E-state index contributed by atoms with van der Waals surface area (Å²) in [5.41, 5.74) is 3.58. The van der Waals surface area contributed by atoms with Crippen molar-refractivity contribution in [3.8, 4) is 5.75 Å². The number of hydrogen-bond acceptors (Lipinski definition) is 4. The van der Waals surface area contributed by atoms with E-state index in [1.54, 1.807) is 12.1 Å². The molecule has 1 aliphatic heterocycles. The van der Waals surface area contributed by atoms with Crippen LogP contribution in [0.15, 0.2) is 48.7 Å². The predicted molar refractivity (Wildman–Crippen MR) is 125 cm³/mol. The number of phenolic OH excluding ortho intramolecular Hbond substituents is 1. The fourth-order valence-corrected chi connectivity index (χ4v) is 5.44. The minimum Gasteiger partial charge on any atom is -0.508 e. The molecule has 0 unspecified atom stereocenters. The van der Waals surface area contributed by atoms with E-state index in [0.29, 0.717) is 12.2 Å². The van der Waals surface area contributed by atoms with Gasteiger partial charge in [0.05, 0.1) is 5.69 Å². The third kappa shape index (κ3) is 4.24. The Bertz CT molecular complexity index is 1080. The minimum absolute atomic E-state index is 0.0653. The third-order valence-corrected chi connectivity index (χ3v) is 7.24. The van der Waals surface area contributed by atoms with Gasteiger partial charge in [-0.25, -0.2) is 4.98 Å². The van der Waals surface area contributed by atoms with Crippen LogP contribution in [0.1, 0.15) is 66.7 Å². The zero-order chi connectivity index (χ0) is 22.0. The molecule has 2 aliphatic rings. The molecule has 0 atom stereocenters. The van der Waals surface area contributed by atoms with E-state index in [4.69, 9.17) is 4.98 Å². The molecule has 0 radical (unpaired) electrons.